The van der Waals surface area contributed by atoms with Crippen LogP contribution in [0.4, 0.5) is 0 Å². The van der Waals surface area contributed by atoms with Gasteiger partial charge in [-0.1, -0.05) is 6.07 Å². The number of hydrogen-bond donors (Lipinski definition) is 1. The molecule has 0 unspecified atom stereocenters. The Labute approximate surface area is 76.8 Å². The number of aromatic amines is 1. The normalized spacial score (nSPS) is 10.2. The van der Waals surface area contributed by atoms with E-state index in [1.165, 1.54) is 10.9 Å². The Morgan fingerprint density at radius 1 is 1.46 bits per heavy atom. The predicted octanol–water partition coefficient (Wildman–Crippen LogP) is 2.54. The molecule has 0 aliphatic carbocycles. The van der Waals surface area contributed by atoms with E-state index in [2.05, 4.69) is 24.0 Å². The van der Waals surface area contributed by atoms with Crippen molar-refractivity contribution in [2.24, 2.45) is 0 Å². The zero-order chi connectivity index (χ0) is 9.26. The molecule has 2 nitrogen and oxygen atoms in total. The van der Waals surface area contributed by atoms with Gasteiger partial charge in [-0.3, -0.25) is 0 Å². The topological polar surface area (TPSA) is 39.6 Å². The van der Waals surface area contributed by atoms with Crippen LogP contribution in [0.15, 0.2) is 24.4 Å². The standard InChI is InChI=1S/C11H10N2/c1-8-7-13-11-3-2-9(4-5-12)6-10(8)11/h2-3,6-7,13H,4H2,1H3. The van der Waals surface area contributed by atoms with Crippen molar-refractivity contribution >= 4 is 10.9 Å². The van der Waals surface area contributed by atoms with Gasteiger partial charge in [-0.25, -0.2) is 0 Å². The van der Waals surface area contributed by atoms with E-state index in [1.807, 2.05) is 18.3 Å². The number of aryl methyl sites for hydroxylation is 1. The number of rotatable bonds is 1. The lowest BCUT2D eigenvalue weighted by Gasteiger charge is -1.95. The summed E-state index contributed by atoms with van der Waals surface area (Å²) >= 11 is 0. The first kappa shape index (κ1) is 7.88. The molecule has 0 bridgehead atoms. The molecule has 64 valence electrons. The fourth-order valence-corrected chi connectivity index (χ4v) is 1.51. The molecule has 0 aliphatic rings. The van der Waals surface area contributed by atoms with Crippen LogP contribution < -0.4 is 0 Å². The number of nitriles is 1. The Morgan fingerprint density at radius 2 is 2.31 bits per heavy atom. The van der Waals surface area contributed by atoms with Crippen LogP contribution in [0.2, 0.25) is 0 Å². The Bertz CT molecular complexity index is 474. The minimum absolute atomic E-state index is 0.487. The molecule has 0 radical (unpaired) electrons. The summed E-state index contributed by atoms with van der Waals surface area (Å²) in [6.07, 6.45) is 2.47. The molecule has 0 saturated heterocycles. The zero-order valence-corrected chi connectivity index (χ0v) is 7.46. The highest BCUT2D eigenvalue weighted by molar-refractivity contribution is 5.83. The average Bonchev–Trinajstić information content (AvgIpc) is 2.49. The Morgan fingerprint density at radius 3 is 3.08 bits per heavy atom. The molecule has 2 heteroatoms. The van der Waals surface area contributed by atoms with Crippen LogP contribution in [0.5, 0.6) is 0 Å². The van der Waals surface area contributed by atoms with Gasteiger partial charge in [0.15, 0.2) is 0 Å². The van der Waals surface area contributed by atoms with E-state index < -0.39 is 0 Å². The lowest BCUT2D eigenvalue weighted by Crippen LogP contribution is -1.80. The largest absolute Gasteiger partial charge is 0.361 e. The SMILES string of the molecule is Cc1c[nH]c2ccc(CC#N)cc12. The van der Waals surface area contributed by atoms with Gasteiger partial charge in [0, 0.05) is 17.1 Å². The molecule has 1 N–H and O–H groups in total. The predicted molar refractivity (Wildman–Crippen MR) is 52.4 cm³/mol. The molecule has 13 heavy (non-hydrogen) atoms. The van der Waals surface area contributed by atoms with E-state index in [1.54, 1.807) is 0 Å². The first-order valence-electron chi connectivity index (χ1n) is 4.25. The number of benzene rings is 1. The van der Waals surface area contributed by atoms with Crippen LogP contribution in [-0.4, -0.2) is 4.98 Å². The Hall–Kier alpha value is -1.75. The van der Waals surface area contributed by atoms with E-state index in [0.29, 0.717) is 6.42 Å². The molecule has 1 aromatic heterocycles. The van der Waals surface area contributed by atoms with Crippen molar-refractivity contribution < 1.29 is 0 Å². The second-order valence-electron chi connectivity index (χ2n) is 3.19. The Kier molecular flexibility index (Phi) is 1.79. The van der Waals surface area contributed by atoms with Gasteiger partial charge in [0.2, 0.25) is 0 Å². The van der Waals surface area contributed by atoms with E-state index in [9.17, 15) is 0 Å². The summed E-state index contributed by atoms with van der Waals surface area (Å²) in [5.74, 6) is 0. The highest BCUT2D eigenvalue weighted by atomic mass is 14.7. The molecule has 0 atom stereocenters. The van der Waals surface area contributed by atoms with Crippen molar-refractivity contribution in [3.8, 4) is 6.07 Å². The van der Waals surface area contributed by atoms with Crippen molar-refractivity contribution in [2.45, 2.75) is 13.3 Å². The molecule has 2 aromatic rings. The number of H-pyrrole nitrogens is 1. The van der Waals surface area contributed by atoms with Crippen LogP contribution >= 0.6 is 0 Å². The van der Waals surface area contributed by atoms with Crippen LogP contribution in [0.3, 0.4) is 0 Å². The lowest BCUT2D eigenvalue weighted by molar-refractivity contribution is 1.27. The maximum Gasteiger partial charge on any atom is 0.0669 e. The van der Waals surface area contributed by atoms with Crippen LogP contribution in [-0.2, 0) is 6.42 Å². The third kappa shape index (κ3) is 1.29. The maximum atomic E-state index is 8.55. The molecule has 0 spiro atoms. The van der Waals surface area contributed by atoms with E-state index in [4.69, 9.17) is 5.26 Å². The third-order valence-corrected chi connectivity index (χ3v) is 2.24. The summed E-state index contributed by atoms with van der Waals surface area (Å²) in [6.45, 7) is 2.06. The van der Waals surface area contributed by atoms with E-state index in [0.717, 1.165) is 11.1 Å². The second-order valence-corrected chi connectivity index (χ2v) is 3.19. The van der Waals surface area contributed by atoms with Crippen molar-refractivity contribution in [3.05, 3.63) is 35.5 Å². The summed E-state index contributed by atoms with van der Waals surface area (Å²) in [5.41, 5.74) is 3.45. The summed E-state index contributed by atoms with van der Waals surface area (Å²) in [6, 6.07) is 8.23. The summed E-state index contributed by atoms with van der Waals surface area (Å²) in [7, 11) is 0. The minimum Gasteiger partial charge on any atom is -0.361 e. The van der Waals surface area contributed by atoms with Gasteiger partial charge >= 0.3 is 0 Å². The van der Waals surface area contributed by atoms with Crippen LogP contribution in [0.25, 0.3) is 10.9 Å². The molecule has 2 rings (SSSR count). The van der Waals surface area contributed by atoms with E-state index in [-0.39, 0.29) is 0 Å². The Balaban J connectivity index is 2.60. The van der Waals surface area contributed by atoms with Gasteiger partial charge in [0.1, 0.15) is 0 Å². The highest BCUT2D eigenvalue weighted by Crippen LogP contribution is 2.18. The van der Waals surface area contributed by atoms with Gasteiger partial charge < -0.3 is 4.98 Å². The van der Waals surface area contributed by atoms with Gasteiger partial charge in [-0.05, 0) is 30.2 Å². The first-order chi connectivity index (χ1) is 6.31. The van der Waals surface area contributed by atoms with Crippen molar-refractivity contribution in [1.29, 1.82) is 5.26 Å². The van der Waals surface area contributed by atoms with Gasteiger partial charge in [-0.2, -0.15) is 5.26 Å². The molecule has 0 aliphatic heterocycles. The summed E-state index contributed by atoms with van der Waals surface area (Å²) in [5, 5.41) is 9.77. The molecule has 1 heterocycles. The molecule has 1 aromatic carbocycles. The number of hydrogen-bond acceptors (Lipinski definition) is 1. The quantitative estimate of drug-likeness (QED) is 0.701. The molecular formula is C11H10N2. The fraction of sp³-hybridized carbons (Fsp3) is 0.182. The van der Waals surface area contributed by atoms with Gasteiger partial charge in [0.05, 0.1) is 12.5 Å². The molecular weight excluding hydrogens is 160 g/mol. The second kappa shape index (κ2) is 2.95. The lowest BCUT2D eigenvalue weighted by atomic mass is 10.1. The van der Waals surface area contributed by atoms with Crippen LogP contribution in [0.1, 0.15) is 11.1 Å². The van der Waals surface area contributed by atoms with Crippen molar-refractivity contribution in [3.63, 3.8) is 0 Å². The number of nitrogens with one attached hydrogen (secondary N) is 1. The summed E-state index contributed by atoms with van der Waals surface area (Å²) in [4.78, 5) is 3.17. The van der Waals surface area contributed by atoms with Gasteiger partial charge in [-0.15, -0.1) is 0 Å². The first-order valence-corrected chi connectivity index (χ1v) is 4.25. The summed E-state index contributed by atoms with van der Waals surface area (Å²) < 4.78 is 0. The highest BCUT2D eigenvalue weighted by Gasteiger charge is 1.99. The molecule has 0 amide bonds. The average molecular weight is 170 g/mol. The van der Waals surface area contributed by atoms with Crippen LogP contribution in [0, 0.1) is 18.3 Å². The third-order valence-electron chi connectivity index (χ3n) is 2.24. The molecule has 0 saturated carbocycles. The minimum atomic E-state index is 0.487. The number of nitrogens with zero attached hydrogens (tertiary/aromatic N) is 1. The number of aromatic nitrogens is 1. The molecule has 0 fully saturated rings. The zero-order valence-electron chi connectivity index (χ0n) is 7.46. The van der Waals surface area contributed by atoms with Gasteiger partial charge in [0.25, 0.3) is 0 Å². The number of fused-ring (bicyclic) bond motifs is 1. The van der Waals surface area contributed by atoms with E-state index >= 15 is 0 Å². The van der Waals surface area contributed by atoms with Crippen molar-refractivity contribution in [1.82, 2.24) is 4.98 Å². The van der Waals surface area contributed by atoms with Crippen molar-refractivity contribution in [2.75, 3.05) is 0 Å². The fourth-order valence-electron chi connectivity index (χ4n) is 1.51. The maximum absolute atomic E-state index is 8.55. The smallest absolute Gasteiger partial charge is 0.0669 e. The monoisotopic (exact) mass is 170 g/mol.